The zero-order valence-electron chi connectivity index (χ0n) is 11.2. The van der Waals surface area contributed by atoms with Crippen molar-refractivity contribution >= 4 is 15.9 Å². The summed E-state index contributed by atoms with van der Waals surface area (Å²) >= 11 is 3.47. The highest BCUT2D eigenvalue weighted by atomic mass is 79.9. The van der Waals surface area contributed by atoms with Crippen LogP contribution < -0.4 is 5.32 Å². The summed E-state index contributed by atoms with van der Waals surface area (Å²) in [5.74, 6) is 0. The highest BCUT2D eigenvalue weighted by Gasteiger charge is 2.11. The van der Waals surface area contributed by atoms with E-state index in [9.17, 15) is 0 Å². The molecule has 0 saturated heterocycles. The molecule has 1 atom stereocenters. The smallest absolute Gasteiger partial charge is 0.0294 e. The summed E-state index contributed by atoms with van der Waals surface area (Å²) in [6.45, 7) is 6.77. The molecule has 0 bridgehead atoms. The first-order chi connectivity index (χ1) is 8.17. The van der Waals surface area contributed by atoms with Crippen LogP contribution in [0, 0.1) is 0 Å². The maximum absolute atomic E-state index is 3.74. The fourth-order valence-electron chi connectivity index (χ4n) is 2.21. The molecule has 1 aromatic carbocycles. The maximum Gasteiger partial charge on any atom is 0.0294 e. The lowest BCUT2D eigenvalue weighted by Gasteiger charge is -2.23. The third-order valence-electron chi connectivity index (χ3n) is 3.13. The van der Waals surface area contributed by atoms with E-state index in [0.29, 0.717) is 12.1 Å². The third kappa shape index (κ3) is 5.22. The minimum Gasteiger partial charge on any atom is -0.307 e. The lowest BCUT2D eigenvalue weighted by Crippen LogP contribution is -2.31. The predicted molar refractivity (Wildman–Crippen MR) is 79.3 cm³/mol. The Hall–Kier alpha value is -0.340. The van der Waals surface area contributed by atoms with Crippen molar-refractivity contribution in [1.82, 2.24) is 5.32 Å². The van der Waals surface area contributed by atoms with Crippen molar-refractivity contribution in [3.8, 4) is 0 Å². The molecule has 1 N–H and O–H groups in total. The minimum atomic E-state index is 0.436. The lowest BCUT2D eigenvalue weighted by molar-refractivity contribution is 0.402. The molecule has 0 aliphatic heterocycles. The summed E-state index contributed by atoms with van der Waals surface area (Å²) in [5.41, 5.74) is 1.37. The predicted octanol–water partition coefficient (Wildman–Crippen LogP) is 5.07. The van der Waals surface area contributed by atoms with Gasteiger partial charge in [0, 0.05) is 16.6 Å². The van der Waals surface area contributed by atoms with Crippen molar-refractivity contribution in [3.63, 3.8) is 0 Å². The summed E-state index contributed by atoms with van der Waals surface area (Å²) < 4.78 is 1.15. The molecule has 0 heterocycles. The fourth-order valence-corrected chi connectivity index (χ4v) is 2.47. The van der Waals surface area contributed by atoms with Crippen LogP contribution in [0.2, 0.25) is 0 Å². The molecule has 2 heteroatoms. The molecule has 0 spiro atoms. The Kier molecular flexibility index (Phi) is 6.83. The summed E-state index contributed by atoms with van der Waals surface area (Å²) in [6, 6.07) is 9.70. The summed E-state index contributed by atoms with van der Waals surface area (Å²) in [5, 5.41) is 3.74. The van der Waals surface area contributed by atoms with Gasteiger partial charge in [-0.05, 0) is 37.5 Å². The number of benzene rings is 1. The number of hydrogen-bond donors (Lipinski definition) is 1. The molecular formula is C15H24BrN. The maximum atomic E-state index is 3.74. The van der Waals surface area contributed by atoms with E-state index in [1.165, 1.54) is 31.2 Å². The van der Waals surface area contributed by atoms with E-state index in [4.69, 9.17) is 0 Å². The summed E-state index contributed by atoms with van der Waals surface area (Å²) in [7, 11) is 0. The zero-order valence-corrected chi connectivity index (χ0v) is 12.8. The molecule has 0 amide bonds. The first-order valence-corrected chi connectivity index (χ1v) is 7.48. The molecule has 1 aromatic rings. The van der Waals surface area contributed by atoms with Crippen molar-refractivity contribution in [1.29, 1.82) is 0 Å². The van der Waals surface area contributed by atoms with Crippen molar-refractivity contribution in [2.75, 3.05) is 0 Å². The molecule has 0 aromatic heterocycles. The molecule has 1 nitrogen and oxygen atoms in total. The standard InChI is InChI=1S/C15H24BrN/c1-4-6-15(7-5-2)17-12(3)13-8-10-14(16)11-9-13/h8-12,15,17H,4-7H2,1-3H3. The Bertz CT molecular complexity index is 301. The minimum absolute atomic E-state index is 0.436. The second-order valence-corrected chi connectivity index (χ2v) is 5.63. The van der Waals surface area contributed by atoms with Crippen molar-refractivity contribution < 1.29 is 0 Å². The average molecular weight is 298 g/mol. The largest absolute Gasteiger partial charge is 0.307 e. The summed E-state index contributed by atoms with van der Waals surface area (Å²) in [6.07, 6.45) is 5.05. The first kappa shape index (κ1) is 14.7. The van der Waals surface area contributed by atoms with Crippen LogP contribution in [0.3, 0.4) is 0 Å². The average Bonchev–Trinajstić information content (AvgIpc) is 2.30. The first-order valence-electron chi connectivity index (χ1n) is 6.68. The number of nitrogens with one attached hydrogen (secondary N) is 1. The Morgan fingerprint density at radius 3 is 2.06 bits per heavy atom. The second kappa shape index (κ2) is 7.88. The molecule has 1 rings (SSSR count). The van der Waals surface area contributed by atoms with Gasteiger partial charge in [0.1, 0.15) is 0 Å². The molecule has 0 aliphatic carbocycles. The van der Waals surface area contributed by atoms with E-state index in [1.54, 1.807) is 0 Å². The van der Waals surface area contributed by atoms with Crippen LogP contribution >= 0.6 is 15.9 Å². The third-order valence-corrected chi connectivity index (χ3v) is 3.66. The van der Waals surface area contributed by atoms with Crippen molar-refractivity contribution in [3.05, 3.63) is 34.3 Å². The van der Waals surface area contributed by atoms with E-state index in [1.807, 2.05) is 0 Å². The van der Waals surface area contributed by atoms with Gasteiger partial charge in [0.25, 0.3) is 0 Å². The molecule has 0 saturated carbocycles. The molecule has 96 valence electrons. The van der Waals surface area contributed by atoms with Gasteiger partial charge in [-0.1, -0.05) is 54.8 Å². The van der Waals surface area contributed by atoms with Gasteiger partial charge in [-0.2, -0.15) is 0 Å². The van der Waals surface area contributed by atoms with Crippen LogP contribution in [0.4, 0.5) is 0 Å². The van der Waals surface area contributed by atoms with Crippen LogP contribution in [0.1, 0.15) is 58.1 Å². The topological polar surface area (TPSA) is 12.0 Å². The molecule has 17 heavy (non-hydrogen) atoms. The summed E-state index contributed by atoms with van der Waals surface area (Å²) in [4.78, 5) is 0. The number of halogens is 1. The Balaban J connectivity index is 2.56. The quantitative estimate of drug-likeness (QED) is 0.741. The second-order valence-electron chi connectivity index (χ2n) is 4.71. The SMILES string of the molecule is CCCC(CCC)NC(C)c1ccc(Br)cc1. The normalized spacial score (nSPS) is 13.0. The molecule has 0 aliphatic rings. The van der Waals surface area contributed by atoms with E-state index in [-0.39, 0.29) is 0 Å². The van der Waals surface area contributed by atoms with Crippen LogP contribution in [-0.4, -0.2) is 6.04 Å². The highest BCUT2D eigenvalue weighted by molar-refractivity contribution is 9.10. The highest BCUT2D eigenvalue weighted by Crippen LogP contribution is 2.18. The number of rotatable bonds is 7. The Labute approximate surface area is 114 Å². The van der Waals surface area contributed by atoms with Gasteiger partial charge < -0.3 is 5.32 Å². The molecule has 1 unspecified atom stereocenters. The molecule has 0 radical (unpaired) electrons. The lowest BCUT2D eigenvalue weighted by atomic mass is 10.0. The van der Waals surface area contributed by atoms with E-state index >= 15 is 0 Å². The molecular weight excluding hydrogens is 274 g/mol. The van der Waals surface area contributed by atoms with Gasteiger partial charge in [-0.3, -0.25) is 0 Å². The van der Waals surface area contributed by atoms with Gasteiger partial charge in [0.2, 0.25) is 0 Å². The van der Waals surface area contributed by atoms with Gasteiger partial charge in [0.15, 0.2) is 0 Å². The van der Waals surface area contributed by atoms with Crippen LogP contribution in [0.5, 0.6) is 0 Å². The monoisotopic (exact) mass is 297 g/mol. The van der Waals surface area contributed by atoms with Gasteiger partial charge in [-0.25, -0.2) is 0 Å². The fraction of sp³-hybridized carbons (Fsp3) is 0.600. The number of hydrogen-bond acceptors (Lipinski definition) is 1. The van der Waals surface area contributed by atoms with Crippen LogP contribution in [0.25, 0.3) is 0 Å². The van der Waals surface area contributed by atoms with E-state index in [2.05, 4.69) is 66.3 Å². The molecule has 0 fully saturated rings. The Morgan fingerprint density at radius 2 is 1.59 bits per heavy atom. The van der Waals surface area contributed by atoms with E-state index < -0.39 is 0 Å². The van der Waals surface area contributed by atoms with Crippen LogP contribution in [-0.2, 0) is 0 Å². The van der Waals surface area contributed by atoms with Crippen molar-refractivity contribution in [2.24, 2.45) is 0 Å². The van der Waals surface area contributed by atoms with Crippen LogP contribution in [0.15, 0.2) is 28.7 Å². The van der Waals surface area contributed by atoms with Crippen molar-refractivity contribution in [2.45, 2.75) is 58.5 Å². The van der Waals surface area contributed by atoms with Gasteiger partial charge in [0.05, 0.1) is 0 Å². The Morgan fingerprint density at radius 1 is 1.06 bits per heavy atom. The van der Waals surface area contributed by atoms with Gasteiger partial charge >= 0.3 is 0 Å². The van der Waals surface area contributed by atoms with Gasteiger partial charge in [-0.15, -0.1) is 0 Å². The zero-order chi connectivity index (χ0) is 12.7. The van der Waals surface area contributed by atoms with E-state index in [0.717, 1.165) is 4.47 Å².